The summed E-state index contributed by atoms with van der Waals surface area (Å²) in [6.45, 7) is 1.91. The van der Waals surface area contributed by atoms with Gasteiger partial charge in [0.2, 0.25) is 0 Å². The second-order valence-corrected chi connectivity index (χ2v) is 6.44. The van der Waals surface area contributed by atoms with E-state index >= 15 is 0 Å². The van der Waals surface area contributed by atoms with Crippen LogP contribution in [0, 0.1) is 11.2 Å². The molecule has 0 spiro atoms. The largest absolute Gasteiger partial charge is 0.484 e. The summed E-state index contributed by atoms with van der Waals surface area (Å²) in [5.41, 5.74) is 9.57. The molecule has 3 aromatic rings. The van der Waals surface area contributed by atoms with Crippen LogP contribution in [-0.2, 0) is 0 Å². The molecule has 0 radical (unpaired) electrons. The molecule has 3 aromatic carbocycles. The molecule has 0 heterocycles. The molecule has 0 aliphatic heterocycles. The third kappa shape index (κ3) is 4.78. The molecule has 0 saturated heterocycles. The van der Waals surface area contributed by atoms with E-state index in [1.807, 2.05) is 60.8 Å². The lowest BCUT2D eigenvalue weighted by Gasteiger charge is -2.23. The van der Waals surface area contributed by atoms with E-state index in [2.05, 4.69) is 0 Å². The molecule has 2 unspecified atom stereocenters. The number of benzene rings is 3. The Morgan fingerprint density at radius 1 is 1.04 bits per heavy atom. The zero-order chi connectivity index (χ0) is 19.2. The van der Waals surface area contributed by atoms with Gasteiger partial charge in [0.25, 0.3) is 0 Å². The molecule has 5 heteroatoms. The summed E-state index contributed by atoms with van der Waals surface area (Å²) in [6.07, 6.45) is 1.00. The molecule has 138 valence electrons. The van der Waals surface area contributed by atoms with Crippen LogP contribution in [0.4, 0.5) is 15.8 Å². The van der Waals surface area contributed by atoms with Crippen LogP contribution in [-0.4, -0.2) is 12.3 Å². The third-order valence-electron chi connectivity index (χ3n) is 4.27. The molecule has 0 aromatic heterocycles. The normalized spacial score (nSPS) is 13.0. The monoisotopic (exact) mass is 364 g/mol. The van der Waals surface area contributed by atoms with Crippen molar-refractivity contribution in [2.45, 2.75) is 19.1 Å². The van der Waals surface area contributed by atoms with Crippen molar-refractivity contribution in [2.24, 2.45) is 5.73 Å². The Hall–Kier alpha value is -3.02. The van der Waals surface area contributed by atoms with Crippen molar-refractivity contribution >= 4 is 17.6 Å². The SMILES string of the molecule is CC(N)C(Oc1ccc([NH2+]c2ccc(F)cc2)c(C=N)c1)c1ccccc1. The van der Waals surface area contributed by atoms with E-state index in [-0.39, 0.29) is 18.0 Å². The highest BCUT2D eigenvalue weighted by molar-refractivity contribution is 5.83. The minimum Gasteiger partial charge on any atom is -0.484 e. The van der Waals surface area contributed by atoms with Gasteiger partial charge >= 0.3 is 0 Å². The molecule has 0 aliphatic rings. The summed E-state index contributed by atoms with van der Waals surface area (Å²) < 4.78 is 19.2. The molecule has 4 nitrogen and oxygen atoms in total. The lowest BCUT2D eigenvalue weighted by Crippen LogP contribution is -2.71. The topological polar surface area (TPSA) is 75.7 Å². The molecule has 27 heavy (non-hydrogen) atoms. The molecule has 2 atom stereocenters. The number of hydrogen-bond donors (Lipinski definition) is 3. The Bertz CT molecular complexity index is 895. The van der Waals surface area contributed by atoms with E-state index in [1.165, 1.54) is 18.3 Å². The summed E-state index contributed by atoms with van der Waals surface area (Å²) in [5, 5.41) is 9.63. The number of quaternary nitrogens is 1. The number of halogens is 1. The molecular formula is C22H23FN3O+. The maximum atomic E-state index is 13.1. The van der Waals surface area contributed by atoms with E-state index in [9.17, 15) is 4.39 Å². The minimum absolute atomic E-state index is 0.193. The van der Waals surface area contributed by atoms with Crippen molar-refractivity contribution < 1.29 is 14.4 Å². The molecule has 0 bridgehead atoms. The third-order valence-corrected chi connectivity index (χ3v) is 4.27. The van der Waals surface area contributed by atoms with E-state index in [4.69, 9.17) is 15.9 Å². The van der Waals surface area contributed by atoms with Crippen LogP contribution in [0.1, 0.15) is 24.2 Å². The maximum Gasteiger partial charge on any atom is 0.143 e. The first kappa shape index (κ1) is 18.8. The molecule has 0 fully saturated rings. The molecule has 0 amide bonds. The van der Waals surface area contributed by atoms with Gasteiger partial charge in [0.15, 0.2) is 0 Å². The standard InChI is InChI=1S/C22H22FN3O/c1-15(25)22(16-5-3-2-4-6-16)27-20-11-12-21(17(13-20)14-24)26-19-9-7-18(23)8-10-19/h2-15,22,24,26H,25H2,1H3/p+1. The second-order valence-electron chi connectivity index (χ2n) is 6.44. The van der Waals surface area contributed by atoms with Gasteiger partial charge in [-0.1, -0.05) is 30.3 Å². The fraction of sp³-hybridized carbons (Fsp3) is 0.136. The highest BCUT2D eigenvalue weighted by atomic mass is 19.1. The highest BCUT2D eigenvalue weighted by Crippen LogP contribution is 2.26. The summed E-state index contributed by atoms with van der Waals surface area (Å²) >= 11 is 0. The maximum absolute atomic E-state index is 13.1. The van der Waals surface area contributed by atoms with Crippen LogP contribution >= 0.6 is 0 Å². The van der Waals surface area contributed by atoms with Gasteiger partial charge in [-0.15, -0.1) is 0 Å². The van der Waals surface area contributed by atoms with Crippen molar-refractivity contribution in [2.75, 3.05) is 0 Å². The Balaban J connectivity index is 1.82. The Kier molecular flexibility index (Phi) is 5.96. The van der Waals surface area contributed by atoms with Crippen LogP contribution in [0.25, 0.3) is 0 Å². The number of hydrogen-bond acceptors (Lipinski definition) is 3. The summed E-state index contributed by atoms with van der Waals surface area (Å²) in [7, 11) is 0. The fourth-order valence-corrected chi connectivity index (χ4v) is 2.89. The number of ether oxygens (including phenoxy) is 1. The molecule has 0 aliphatic carbocycles. The van der Waals surface area contributed by atoms with Gasteiger partial charge in [-0.25, -0.2) is 4.39 Å². The van der Waals surface area contributed by atoms with Gasteiger partial charge in [0.1, 0.15) is 29.0 Å². The number of rotatable bonds is 7. The molecule has 0 saturated carbocycles. The minimum atomic E-state index is -0.281. The summed E-state index contributed by atoms with van der Waals surface area (Å²) in [4.78, 5) is 0. The Labute approximate surface area is 158 Å². The van der Waals surface area contributed by atoms with Crippen LogP contribution in [0.15, 0.2) is 72.8 Å². The fourth-order valence-electron chi connectivity index (χ4n) is 2.89. The number of nitrogens with one attached hydrogen (secondary N) is 1. The first-order valence-electron chi connectivity index (χ1n) is 8.79. The average Bonchev–Trinajstić information content (AvgIpc) is 2.69. The van der Waals surface area contributed by atoms with Gasteiger partial charge in [0, 0.05) is 30.5 Å². The zero-order valence-electron chi connectivity index (χ0n) is 15.1. The van der Waals surface area contributed by atoms with E-state index < -0.39 is 0 Å². The first-order chi connectivity index (χ1) is 13.1. The lowest BCUT2D eigenvalue weighted by atomic mass is 10.0. The van der Waals surface area contributed by atoms with Crippen LogP contribution in [0.2, 0.25) is 0 Å². The van der Waals surface area contributed by atoms with E-state index in [0.717, 1.165) is 16.9 Å². The smallest absolute Gasteiger partial charge is 0.143 e. The highest BCUT2D eigenvalue weighted by Gasteiger charge is 2.19. The Morgan fingerprint density at radius 3 is 2.37 bits per heavy atom. The van der Waals surface area contributed by atoms with Gasteiger partial charge in [-0.3, -0.25) is 5.32 Å². The van der Waals surface area contributed by atoms with Crippen molar-refractivity contribution in [1.82, 2.24) is 0 Å². The Morgan fingerprint density at radius 2 is 1.74 bits per heavy atom. The molecule has 3 rings (SSSR count). The molecule has 5 N–H and O–H groups in total. The number of nitrogens with two attached hydrogens (primary N) is 2. The molecular weight excluding hydrogens is 341 g/mol. The van der Waals surface area contributed by atoms with Crippen molar-refractivity contribution in [3.8, 4) is 5.75 Å². The van der Waals surface area contributed by atoms with Crippen molar-refractivity contribution in [1.29, 1.82) is 5.41 Å². The van der Waals surface area contributed by atoms with Crippen molar-refractivity contribution in [3.05, 3.63) is 89.7 Å². The van der Waals surface area contributed by atoms with Crippen LogP contribution in [0.5, 0.6) is 5.75 Å². The van der Waals surface area contributed by atoms with E-state index in [0.29, 0.717) is 11.3 Å². The lowest BCUT2D eigenvalue weighted by molar-refractivity contribution is -0.478. The van der Waals surface area contributed by atoms with Crippen LogP contribution < -0.4 is 15.8 Å². The summed E-state index contributed by atoms with van der Waals surface area (Å²) in [5.74, 6) is 0.377. The van der Waals surface area contributed by atoms with Gasteiger partial charge < -0.3 is 15.9 Å². The quantitative estimate of drug-likeness (QED) is 0.440. The zero-order valence-corrected chi connectivity index (χ0v) is 15.1. The van der Waals surface area contributed by atoms with E-state index in [1.54, 1.807) is 12.1 Å². The average molecular weight is 364 g/mol. The predicted molar refractivity (Wildman–Crippen MR) is 105 cm³/mol. The predicted octanol–water partition coefficient (Wildman–Crippen LogP) is 3.82. The summed E-state index contributed by atoms with van der Waals surface area (Å²) in [6, 6.07) is 21.5. The van der Waals surface area contributed by atoms with Gasteiger partial charge in [0.05, 0.1) is 5.56 Å². The van der Waals surface area contributed by atoms with Crippen molar-refractivity contribution in [3.63, 3.8) is 0 Å². The second kappa shape index (κ2) is 8.58. The van der Waals surface area contributed by atoms with Gasteiger partial charge in [-0.2, -0.15) is 0 Å². The van der Waals surface area contributed by atoms with Gasteiger partial charge in [-0.05, 0) is 36.8 Å². The first-order valence-corrected chi connectivity index (χ1v) is 8.79. The van der Waals surface area contributed by atoms with Crippen LogP contribution in [0.3, 0.4) is 0 Å².